The maximum atomic E-state index is 4.64. The van der Waals surface area contributed by atoms with Crippen molar-refractivity contribution in [3.63, 3.8) is 0 Å². The molecule has 1 atom stereocenters. The minimum atomic E-state index is 0.177. The van der Waals surface area contributed by atoms with E-state index in [2.05, 4.69) is 32.3 Å². The first-order chi connectivity index (χ1) is 11.8. The molecule has 1 fully saturated rings. The molecule has 5 heteroatoms. The third-order valence-electron chi connectivity index (χ3n) is 4.66. The first kappa shape index (κ1) is 14.9. The SMILES string of the molecule is CC1C(c2ccccn2)=NNC(c2ccccn2)=C1N1CCCC1. The van der Waals surface area contributed by atoms with Crippen molar-refractivity contribution < 1.29 is 0 Å². The predicted molar refractivity (Wildman–Crippen MR) is 95.0 cm³/mol. The molecule has 0 aromatic carbocycles. The lowest BCUT2D eigenvalue weighted by Gasteiger charge is -2.33. The summed E-state index contributed by atoms with van der Waals surface area (Å²) in [5, 5.41) is 4.64. The van der Waals surface area contributed by atoms with Crippen LogP contribution < -0.4 is 5.43 Å². The van der Waals surface area contributed by atoms with Gasteiger partial charge in [-0.05, 0) is 37.1 Å². The van der Waals surface area contributed by atoms with Crippen LogP contribution in [-0.2, 0) is 0 Å². The number of hydrazone groups is 1. The van der Waals surface area contributed by atoms with Crippen molar-refractivity contribution in [3.05, 3.63) is 65.9 Å². The van der Waals surface area contributed by atoms with E-state index in [-0.39, 0.29) is 5.92 Å². The Balaban J connectivity index is 1.77. The van der Waals surface area contributed by atoms with Crippen LogP contribution in [0.5, 0.6) is 0 Å². The van der Waals surface area contributed by atoms with Gasteiger partial charge >= 0.3 is 0 Å². The van der Waals surface area contributed by atoms with Crippen LogP contribution in [0.4, 0.5) is 0 Å². The molecule has 0 bridgehead atoms. The minimum Gasteiger partial charge on any atom is -0.373 e. The lowest BCUT2D eigenvalue weighted by molar-refractivity contribution is 0.393. The molecule has 0 aliphatic carbocycles. The Morgan fingerprint density at radius 1 is 0.958 bits per heavy atom. The normalized spacial score (nSPS) is 20.8. The molecular formula is C19H21N5. The molecule has 0 spiro atoms. The maximum absolute atomic E-state index is 4.64. The monoisotopic (exact) mass is 319 g/mol. The Hall–Kier alpha value is -2.69. The number of aromatic nitrogens is 2. The van der Waals surface area contributed by atoms with Gasteiger partial charge in [0.15, 0.2) is 0 Å². The zero-order chi connectivity index (χ0) is 16.4. The molecular weight excluding hydrogens is 298 g/mol. The number of nitrogens with zero attached hydrogens (tertiary/aromatic N) is 4. The molecule has 1 N–H and O–H groups in total. The van der Waals surface area contributed by atoms with Crippen molar-refractivity contribution >= 4 is 11.4 Å². The Labute approximate surface area is 142 Å². The van der Waals surface area contributed by atoms with E-state index in [0.29, 0.717) is 0 Å². The van der Waals surface area contributed by atoms with Crippen LogP contribution in [0.2, 0.25) is 0 Å². The lowest BCUT2D eigenvalue weighted by atomic mass is 9.94. The summed E-state index contributed by atoms with van der Waals surface area (Å²) in [6.07, 6.45) is 6.12. The highest BCUT2D eigenvalue weighted by atomic mass is 15.3. The molecule has 2 aromatic rings. The zero-order valence-electron chi connectivity index (χ0n) is 13.8. The number of rotatable bonds is 3. The van der Waals surface area contributed by atoms with Crippen LogP contribution >= 0.6 is 0 Å². The summed E-state index contributed by atoms with van der Waals surface area (Å²) in [6, 6.07) is 11.9. The molecule has 2 aliphatic rings. The summed E-state index contributed by atoms with van der Waals surface area (Å²) in [7, 11) is 0. The van der Waals surface area contributed by atoms with Gasteiger partial charge in [-0.3, -0.25) is 15.4 Å². The quantitative estimate of drug-likeness (QED) is 0.945. The van der Waals surface area contributed by atoms with E-state index in [9.17, 15) is 0 Å². The molecule has 1 saturated heterocycles. The zero-order valence-corrected chi connectivity index (χ0v) is 13.8. The van der Waals surface area contributed by atoms with Gasteiger partial charge in [0, 0.05) is 31.4 Å². The number of allylic oxidation sites excluding steroid dienone is 1. The summed E-state index contributed by atoms with van der Waals surface area (Å²) >= 11 is 0. The molecule has 0 amide bonds. The minimum absolute atomic E-state index is 0.177. The standard InChI is InChI=1S/C19H21N5/c1-14-17(15-8-2-4-10-20-15)22-23-18(16-9-3-5-11-21-16)19(14)24-12-6-7-13-24/h2-5,8-11,14,23H,6-7,12-13H2,1H3. The number of pyridine rings is 2. The third kappa shape index (κ3) is 2.66. The highest BCUT2D eigenvalue weighted by Gasteiger charge is 2.31. The van der Waals surface area contributed by atoms with Crippen molar-refractivity contribution in [1.29, 1.82) is 0 Å². The van der Waals surface area contributed by atoms with Gasteiger partial charge < -0.3 is 4.90 Å². The van der Waals surface area contributed by atoms with Crippen LogP contribution in [0.1, 0.15) is 31.2 Å². The second-order valence-corrected chi connectivity index (χ2v) is 6.21. The summed E-state index contributed by atoms with van der Waals surface area (Å²) in [4.78, 5) is 11.5. The maximum Gasteiger partial charge on any atom is 0.102 e. The van der Waals surface area contributed by atoms with Crippen LogP contribution in [0.25, 0.3) is 5.70 Å². The molecule has 5 nitrogen and oxygen atoms in total. The van der Waals surface area contributed by atoms with Gasteiger partial charge in [-0.1, -0.05) is 19.1 Å². The first-order valence-corrected chi connectivity index (χ1v) is 8.50. The van der Waals surface area contributed by atoms with Gasteiger partial charge in [0.2, 0.25) is 0 Å². The smallest absolute Gasteiger partial charge is 0.102 e. The van der Waals surface area contributed by atoms with Crippen LogP contribution in [0.3, 0.4) is 0 Å². The van der Waals surface area contributed by atoms with Crippen molar-refractivity contribution in [3.8, 4) is 0 Å². The molecule has 24 heavy (non-hydrogen) atoms. The number of hydrogen-bond donors (Lipinski definition) is 1. The van der Waals surface area contributed by atoms with E-state index in [1.807, 2.05) is 48.8 Å². The second kappa shape index (κ2) is 6.43. The molecule has 122 valence electrons. The van der Waals surface area contributed by atoms with Gasteiger partial charge in [0.1, 0.15) is 5.70 Å². The summed E-state index contributed by atoms with van der Waals surface area (Å²) < 4.78 is 0. The molecule has 0 saturated carbocycles. The Kier molecular flexibility index (Phi) is 3.99. The fourth-order valence-electron chi connectivity index (χ4n) is 3.50. The van der Waals surface area contributed by atoms with E-state index < -0.39 is 0 Å². The number of hydrogen-bond acceptors (Lipinski definition) is 5. The summed E-state index contributed by atoms with van der Waals surface area (Å²) in [5.41, 5.74) is 8.41. The third-order valence-corrected chi connectivity index (χ3v) is 4.66. The average Bonchev–Trinajstić information content (AvgIpc) is 3.17. The van der Waals surface area contributed by atoms with E-state index in [1.165, 1.54) is 18.5 Å². The summed E-state index contributed by atoms with van der Waals surface area (Å²) in [6.45, 7) is 4.39. The van der Waals surface area contributed by atoms with Crippen LogP contribution in [-0.4, -0.2) is 33.7 Å². The van der Waals surface area contributed by atoms with Gasteiger partial charge in [0.25, 0.3) is 0 Å². The van der Waals surface area contributed by atoms with Gasteiger partial charge in [-0.15, -0.1) is 0 Å². The topological polar surface area (TPSA) is 53.4 Å². The van der Waals surface area contributed by atoms with E-state index in [1.54, 1.807) is 0 Å². The molecule has 2 aromatic heterocycles. The Morgan fingerprint density at radius 2 is 1.62 bits per heavy atom. The number of likely N-dealkylation sites (tertiary alicyclic amines) is 1. The van der Waals surface area contributed by atoms with Crippen molar-refractivity contribution in [1.82, 2.24) is 20.3 Å². The van der Waals surface area contributed by atoms with Gasteiger partial charge in [-0.2, -0.15) is 5.10 Å². The number of nitrogens with one attached hydrogen (secondary N) is 1. The van der Waals surface area contributed by atoms with E-state index in [4.69, 9.17) is 0 Å². The highest BCUT2D eigenvalue weighted by molar-refractivity contribution is 6.04. The molecule has 0 radical (unpaired) electrons. The fourth-order valence-corrected chi connectivity index (χ4v) is 3.50. The van der Waals surface area contributed by atoms with Crippen molar-refractivity contribution in [2.75, 3.05) is 13.1 Å². The second-order valence-electron chi connectivity index (χ2n) is 6.21. The first-order valence-electron chi connectivity index (χ1n) is 8.50. The average molecular weight is 319 g/mol. The predicted octanol–water partition coefficient (Wildman–Crippen LogP) is 2.88. The molecule has 4 heterocycles. The summed E-state index contributed by atoms with van der Waals surface area (Å²) in [5.74, 6) is 0.177. The molecule has 4 rings (SSSR count). The largest absolute Gasteiger partial charge is 0.373 e. The molecule has 1 unspecified atom stereocenters. The van der Waals surface area contributed by atoms with Crippen molar-refractivity contribution in [2.45, 2.75) is 19.8 Å². The fraction of sp³-hybridized carbons (Fsp3) is 0.316. The lowest BCUT2D eigenvalue weighted by Crippen LogP contribution is -2.35. The van der Waals surface area contributed by atoms with Gasteiger partial charge in [-0.25, -0.2) is 0 Å². The van der Waals surface area contributed by atoms with Crippen molar-refractivity contribution in [2.24, 2.45) is 11.0 Å². The highest BCUT2D eigenvalue weighted by Crippen LogP contribution is 2.32. The molecule has 2 aliphatic heterocycles. The Bertz CT molecular complexity index is 761. The van der Waals surface area contributed by atoms with Crippen LogP contribution in [0, 0.1) is 5.92 Å². The van der Waals surface area contributed by atoms with Crippen LogP contribution in [0.15, 0.2) is 59.6 Å². The van der Waals surface area contributed by atoms with E-state index >= 15 is 0 Å². The van der Waals surface area contributed by atoms with E-state index in [0.717, 1.165) is 35.9 Å². The van der Waals surface area contributed by atoms with Gasteiger partial charge in [0.05, 0.1) is 22.8 Å². The Morgan fingerprint density at radius 3 is 2.25 bits per heavy atom.